The highest BCUT2D eigenvalue weighted by Crippen LogP contribution is 2.18. The standard InChI is InChI=1S/C16H17N5O2/c22-15(17-10-6-2-1-3-7-10)13-14-16(23)18-11-8-4-5-9-12(11)21(14)20-19-13/h4-5,8-10H,1-3,6-7H2,(H,17,22)(H,18,23). The van der Waals surface area contributed by atoms with Gasteiger partial charge in [-0.2, -0.15) is 0 Å². The third-order valence-electron chi connectivity index (χ3n) is 4.42. The number of nitrogens with zero attached hydrogens (tertiary/aromatic N) is 3. The molecular weight excluding hydrogens is 294 g/mol. The van der Waals surface area contributed by atoms with Crippen LogP contribution in [0.4, 0.5) is 0 Å². The van der Waals surface area contributed by atoms with Gasteiger partial charge in [-0.3, -0.25) is 9.59 Å². The average Bonchev–Trinajstić information content (AvgIpc) is 3.02. The van der Waals surface area contributed by atoms with Crippen LogP contribution in [0.2, 0.25) is 0 Å². The van der Waals surface area contributed by atoms with Gasteiger partial charge in [0.25, 0.3) is 11.5 Å². The van der Waals surface area contributed by atoms with Gasteiger partial charge in [-0.05, 0) is 25.0 Å². The molecule has 3 aromatic rings. The van der Waals surface area contributed by atoms with E-state index >= 15 is 0 Å². The summed E-state index contributed by atoms with van der Waals surface area (Å²) in [4.78, 5) is 27.6. The Kier molecular flexibility index (Phi) is 3.33. The Balaban J connectivity index is 1.77. The monoisotopic (exact) mass is 311 g/mol. The number of aromatic nitrogens is 4. The van der Waals surface area contributed by atoms with Gasteiger partial charge in [0, 0.05) is 6.04 Å². The third kappa shape index (κ3) is 2.38. The fourth-order valence-corrected chi connectivity index (χ4v) is 3.25. The third-order valence-corrected chi connectivity index (χ3v) is 4.42. The number of amides is 1. The molecule has 0 radical (unpaired) electrons. The van der Waals surface area contributed by atoms with Gasteiger partial charge in [0.15, 0.2) is 11.2 Å². The number of fused-ring (bicyclic) bond motifs is 3. The summed E-state index contributed by atoms with van der Waals surface area (Å²) in [5.41, 5.74) is 1.29. The molecule has 2 aromatic heterocycles. The maximum atomic E-state index is 12.5. The van der Waals surface area contributed by atoms with Crippen molar-refractivity contribution in [2.45, 2.75) is 38.1 Å². The topological polar surface area (TPSA) is 92.2 Å². The van der Waals surface area contributed by atoms with Crippen LogP contribution in [-0.4, -0.2) is 31.8 Å². The molecule has 0 saturated heterocycles. The second-order valence-electron chi connectivity index (χ2n) is 5.98. The molecule has 0 unspecified atom stereocenters. The molecule has 2 N–H and O–H groups in total. The number of hydrogen-bond donors (Lipinski definition) is 2. The van der Waals surface area contributed by atoms with E-state index in [1.165, 1.54) is 10.9 Å². The van der Waals surface area contributed by atoms with Crippen LogP contribution in [0.25, 0.3) is 16.6 Å². The van der Waals surface area contributed by atoms with Gasteiger partial charge < -0.3 is 10.3 Å². The minimum absolute atomic E-state index is 0.0857. The number of aromatic amines is 1. The first-order valence-corrected chi connectivity index (χ1v) is 7.91. The Labute approximate surface area is 131 Å². The van der Waals surface area contributed by atoms with Gasteiger partial charge in [-0.1, -0.05) is 36.6 Å². The molecular formula is C16H17N5O2. The van der Waals surface area contributed by atoms with Gasteiger partial charge >= 0.3 is 0 Å². The summed E-state index contributed by atoms with van der Waals surface area (Å²) in [5, 5.41) is 10.9. The van der Waals surface area contributed by atoms with Crippen molar-refractivity contribution < 1.29 is 4.79 Å². The molecule has 1 amide bonds. The Morgan fingerprint density at radius 3 is 2.83 bits per heavy atom. The van der Waals surface area contributed by atoms with Crippen LogP contribution in [0.15, 0.2) is 29.1 Å². The van der Waals surface area contributed by atoms with Crippen molar-refractivity contribution in [3.63, 3.8) is 0 Å². The van der Waals surface area contributed by atoms with E-state index in [0.29, 0.717) is 11.0 Å². The number of carbonyl (C=O) groups excluding carboxylic acids is 1. The molecule has 0 spiro atoms. The lowest BCUT2D eigenvalue weighted by atomic mass is 9.95. The summed E-state index contributed by atoms with van der Waals surface area (Å²) in [7, 11) is 0. The second-order valence-corrected chi connectivity index (χ2v) is 5.98. The first-order valence-electron chi connectivity index (χ1n) is 7.91. The predicted molar refractivity (Wildman–Crippen MR) is 85.5 cm³/mol. The number of rotatable bonds is 2. The van der Waals surface area contributed by atoms with E-state index in [1.807, 2.05) is 18.2 Å². The highest BCUT2D eigenvalue weighted by atomic mass is 16.2. The van der Waals surface area contributed by atoms with Crippen molar-refractivity contribution in [2.75, 3.05) is 0 Å². The zero-order chi connectivity index (χ0) is 15.8. The van der Waals surface area contributed by atoms with E-state index in [0.717, 1.165) is 25.7 Å². The van der Waals surface area contributed by atoms with Gasteiger partial charge in [0.1, 0.15) is 0 Å². The molecule has 1 aliphatic rings. The SMILES string of the molecule is O=C(NC1CCCCC1)c1nnn2c1c(=O)[nH]c1ccccc12. The zero-order valence-corrected chi connectivity index (χ0v) is 12.6. The van der Waals surface area contributed by atoms with Gasteiger partial charge in [0.05, 0.1) is 11.0 Å². The van der Waals surface area contributed by atoms with Crippen LogP contribution in [0, 0.1) is 0 Å². The second kappa shape index (κ2) is 5.49. The van der Waals surface area contributed by atoms with Crippen LogP contribution in [0.1, 0.15) is 42.6 Å². The van der Waals surface area contributed by atoms with E-state index < -0.39 is 0 Å². The van der Waals surface area contributed by atoms with E-state index in [2.05, 4.69) is 20.6 Å². The van der Waals surface area contributed by atoms with Gasteiger partial charge in [-0.15, -0.1) is 5.10 Å². The number of hydrogen-bond acceptors (Lipinski definition) is 4. The highest BCUT2D eigenvalue weighted by molar-refractivity contribution is 5.99. The van der Waals surface area contributed by atoms with Crippen LogP contribution in [0.5, 0.6) is 0 Å². The van der Waals surface area contributed by atoms with Gasteiger partial charge in [0.2, 0.25) is 0 Å². The largest absolute Gasteiger partial charge is 0.348 e. The van der Waals surface area contributed by atoms with Crippen LogP contribution >= 0.6 is 0 Å². The first-order chi connectivity index (χ1) is 11.2. The fraction of sp³-hybridized carbons (Fsp3) is 0.375. The number of benzene rings is 1. The van der Waals surface area contributed by atoms with E-state index in [-0.39, 0.29) is 28.7 Å². The summed E-state index contributed by atoms with van der Waals surface area (Å²) in [5.74, 6) is -0.326. The summed E-state index contributed by atoms with van der Waals surface area (Å²) < 4.78 is 1.43. The quantitative estimate of drug-likeness (QED) is 0.752. The summed E-state index contributed by atoms with van der Waals surface area (Å²) in [6.07, 6.45) is 5.41. The summed E-state index contributed by atoms with van der Waals surface area (Å²) >= 11 is 0. The average molecular weight is 311 g/mol. The fourth-order valence-electron chi connectivity index (χ4n) is 3.25. The Morgan fingerprint density at radius 2 is 2.00 bits per heavy atom. The van der Waals surface area contributed by atoms with E-state index in [1.54, 1.807) is 6.07 Å². The molecule has 2 heterocycles. The predicted octanol–water partition coefficient (Wildman–Crippen LogP) is 1.63. The maximum Gasteiger partial charge on any atom is 0.277 e. The molecule has 1 saturated carbocycles. The molecule has 1 aromatic carbocycles. The van der Waals surface area contributed by atoms with Crippen LogP contribution < -0.4 is 10.9 Å². The normalized spacial score (nSPS) is 16.0. The minimum atomic E-state index is -0.359. The molecule has 23 heavy (non-hydrogen) atoms. The smallest absolute Gasteiger partial charge is 0.277 e. The molecule has 1 fully saturated rings. The minimum Gasteiger partial charge on any atom is -0.348 e. The molecule has 7 nitrogen and oxygen atoms in total. The van der Waals surface area contributed by atoms with Crippen molar-refractivity contribution in [1.82, 2.24) is 25.1 Å². The van der Waals surface area contributed by atoms with E-state index in [9.17, 15) is 9.59 Å². The molecule has 0 aliphatic heterocycles. The lowest BCUT2D eigenvalue weighted by Crippen LogP contribution is -2.36. The number of H-pyrrole nitrogens is 1. The number of nitrogens with one attached hydrogen (secondary N) is 2. The van der Waals surface area contributed by atoms with E-state index in [4.69, 9.17) is 0 Å². The van der Waals surface area contributed by atoms with Gasteiger partial charge in [-0.25, -0.2) is 4.52 Å². The van der Waals surface area contributed by atoms with Crippen LogP contribution in [-0.2, 0) is 0 Å². The lowest BCUT2D eigenvalue weighted by Gasteiger charge is -2.22. The molecule has 7 heteroatoms. The van der Waals surface area contributed by atoms with Crippen molar-refractivity contribution in [2.24, 2.45) is 0 Å². The van der Waals surface area contributed by atoms with Crippen molar-refractivity contribution >= 4 is 22.5 Å². The first kappa shape index (κ1) is 13.9. The highest BCUT2D eigenvalue weighted by Gasteiger charge is 2.22. The summed E-state index contributed by atoms with van der Waals surface area (Å²) in [6.45, 7) is 0. The molecule has 0 atom stereocenters. The Hall–Kier alpha value is -2.70. The molecule has 118 valence electrons. The lowest BCUT2D eigenvalue weighted by molar-refractivity contribution is 0.0924. The molecule has 1 aliphatic carbocycles. The molecule has 0 bridgehead atoms. The van der Waals surface area contributed by atoms with Crippen molar-refractivity contribution in [3.8, 4) is 0 Å². The Morgan fingerprint density at radius 1 is 1.22 bits per heavy atom. The molecule has 4 rings (SSSR count). The zero-order valence-electron chi connectivity index (χ0n) is 12.6. The Bertz CT molecular complexity index is 936. The van der Waals surface area contributed by atoms with Crippen molar-refractivity contribution in [3.05, 3.63) is 40.3 Å². The summed E-state index contributed by atoms with van der Waals surface area (Å²) in [6, 6.07) is 7.46. The maximum absolute atomic E-state index is 12.5. The van der Waals surface area contributed by atoms with Crippen LogP contribution in [0.3, 0.4) is 0 Å². The number of para-hydroxylation sites is 2. The van der Waals surface area contributed by atoms with Crippen molar-refractivity contribution in [1.29, 1.82) is 0 Å². The number of carbonyl (C=O) groups is 1.